The second-order valence-electron chi connectivity index (χ2n) is 9.67. The van der Waals surface area contributed by atoms with Crippen LogP contribution in [0, 0.1) is 12.8 Å². The van der Waals surface area contributed by atoms with Gasteiger partial charge in [0.2, 0.25) is 11.8 Å². The minimum atomic E-state index is -0.386. The summed E-state index contributed by atoms with van der Waals surface area (Å²) in [6.45, 7) is 14.0. The highest BCUT2D eigenvalue weighted by Gasteiger charge is 2.30. The third-order valence-corrected chi connectivity index (χ3v) is 5.49. The Morgan fingerprint density at radius 3 is 2.44 bits per heavy atom. The lowest BCUT2D eigenvalue weighted by atomic mass is 10.0. The summed E-state index contributed by atoms with van der Waals surface area (Å²) in [6, 6.07) is 12.5. The van der Waals surface area contributed by atoms with Gasteiger partial charge in [-0.1, -0.05) is 43.7 Å². The first-order valence-electron chi connectivity index (χ1n) is 11.3. The molecule has 0 unspecified atom stereocenters. The summed E-state index contributed by atoms with van der Waals surface area (Å²) in [5.41, 5.74) is 3.13. The molecule has 0 saturated carbocycles. The third kappa shape index (κ3) is 7.23. The van der Waals surface area contributed by atoms with Crippen LogP contribution in [0.3, 0.4) is 0 Å². The van der Waals surface area contributed by atoms with E-state index in [0.29, 0.717) is 19.7 Å². The normalized spacial score (nSPS) is 11.6. The van der Waals surface area contributed by atoms with E-state index < -0.39 is 0 Å². The van der Waals surface area contributed by atoms with Crippen molar-refractivity contribution in [1.82, 2.24) is 14.4 Å². The van der Waals surface area contributed by atoms with Crippen LogP contribution in [0.15, 0.2) is 42.6 Å². The highest BCUT2D eigenvalue weighted by molar-refractivity contribution is 5.86. The first kappa shape index (κ1) is 25.7. The van der Waals surface area contributed by atoms with Gasteiger partial charge in [0, 0.05) is 43.5 Å². The number of nitrogens with zero attached hydrogens (tertiary/aromatic N) is 3. The van der Waals surface area contributed by atoms with Crippen molar-refractivity contribution in [3.63, 3.8) is 0 Å². The smallest absolute Gasteiger partial charge is 0.242 e. The van der Waals surface area contributed by atoms with E-state index in [1.807, 2.05) is 45.6 Å². The maximum atomic E-state index is 13.4. The zero-order valence-corrected chi connectivity index (χ0v) is 20.7. The van der Waals surface area contributed by atoms with Crippen molar-refractivity contribution in [3.05, 3.63) is 59.4 Å². The Morgan fingerprint density at radius 2 is 1.84 bits per heavy atom. The van der Waals surface area contributed by atoms with Crippen LogP contribution < -0.4 is 0 Å². The molecule has 0 atom stereocenters. The zero-order chi connectivity index (χ0) is 23.9. The summed E-state index contributed by atoms with van der Waals surface area (Å²) in [5, 5.41) is 0. The molecule has 0 saturated heterocycles. The number of benzene rings is 1. The molecule has 0 aliphatic heterocycles. The van der Waals surface area contributed by atoms with Gasteiger partial charge in [0.25, 0.3) is 0 Å². The van der Waals surface area contributed by atoms with Crippen molar-refractivity contribution in [1.29, 1.82) is 0 Å². The summed E-state index contributed by atoms with van der Waals surface area (Å²) < 4.78 is 7.34. The van der Waals surface area contributed by atoms with Crippen molar-refractivity contribution < 1.29 is 14.3 Å². The SMILES string of the molecule is COCCN(CC(=O)N(Cc1cccn1Cc1cccc(C)c1)C(C)(C)C)C(=O)C(C)C. The van der Waals surface area contributed by atoms with E-state index in [1.54, 1.807) is 12.0 Å². The second kappa shape index (κ2) is 11.3. The first-order valence-corrected chi connectivity index (χ1v) is 11.3. The minimum absolute atomic E-state index is 0.0351. The molecule has 0 spiro atoms. The molecular weight excluding hydrogens is 402 g/mol. The van der Waals surface area contributed by atoms with E-state index in [1.165, 1.54) is 11.1 Å². The number of methoxy groups -OCH3 is 1. The topological polar surface area (TPSA) is 54.8 Å². The minimum Gasteiger partial charge on any atom is -0.383 e. The van der Waals surface area contributed by atoms with E-state index >= 15 is 0 Å². The van der Waals surface area contributed by atoms with Crippen LogP contribution in [-0.2, 0) is 27.4 Å². The molecule has 1 heterocycles. The standard InChI is InChI=1S/C26H39N3O3/c1-20(2)25(31)28(14-15-32-7)19-24(30)29(26(4,5)6)18-23-12-9-13-27(23)17-22-11-8-10-21(3)16-22/h8-13,16,20H,14-15,17-19H2,1-7H3. The number of amides is 2. The molecular formula is C26H39N3O3. The van der Waals surface area contributed by atoms with Crippen molar-refractivity contribution in [2.45, 2.75) is 60.2 Å². The number of rotatable bonds is 10. The van der Waals surface area contributed by atoms with Crippen LogP contribution in [0.1, 0.15) is 51.4 Å². The summed E-state index contributed by atoms with van der Waals surface area (Å²) in [4.78, 5) is 29.5. The van der Waals surface area contributed by atoms with Crippen LogP contribution >= 0.6 is 0 Å². The van der Waals surface area contributed by atoms with Gasteiger partial charge < -0.3 is 19.1 Å². The van der Waals surface area contributed by atoms with E-state index in [2.05, 4.69) is 48.0 Å². The van der Waals surface area contributed by atoms with E-state index in [9.17, 15) is 9.59 Å². The average Bonchev–Trinajstić information content (AvgIpc) is 3.14. The van der Waals surface area contributed by atoms with E-state index in [-0.39, 0.29) is 29.8 Å². The summed E-state index contributed by atoms with van der Waals surface area (Å²) in [7, 11) is 1.60. The number of carbonyl (C=O) groups excluding carboxylic acids is 2. The maximum absolute atomic E-state index is 13.4. The van der Waals surface area contributed by atoms with Gasteiger partial charge in [-0.2, -0.15) is 0 Å². The van der Waals surface area contributed by atoms with Gasteiger partial charge in [0.1, 0.15) is 0 Å². The van der Waals surface area contributed by atoms with Gasteiger partial charge in [-0.05, 0) is 45.4 Å². The number of ether oxygens (including phenoxy) is 1. The molecule has 6 heteroatoms. The predicted molar refractivity (Wildman–Crippen MR) is 128 cm³/mol. The van der Waals surface area contributed by atoms with Gasteiger partial charge in [-0.3, -0.25) is 9.59 Å². The second-order valence-corrected chi connectivity index (χ2v) is 9.67. The molecule has 0 aliphatic rings. The van der Waals surface area contributed by atoms with Gasteiger partial charge in [0.05, 0.1) is 19.7 Å². The van der Waals surface area contributed by atoms with Gasteiger partial charge in [0.15, 0.2) is 0 Å². The fourth-order valence-electron chi connectivity index (χ4n) is 3.70. The lowest BCUT2D eigenvalue weighted by molar-refractivity contribution is -0.146. The molecule has 2 aromatic rings. The molecule has 6 nitrogen and oxygen atoms in total. The molecule has 32 heavy (non-hydrogen) atoms. The van der Waals surface area contributed by atoms with Gasteiger partial charge in [-0.15, -0.1) is 0 Å². The third-order valence-electron chi connectivity index (χ3n) is 5.49. The maximum Gasteiger partial charge on any atom is 0.242 e. The number of hydrogen-bond donors (Lipinski definition) is 0. The fourth-order valence-corrected chi connectivity index (χ4v) is 3.70. The van der Waals surface area contributed by atoms with Crippen LogP contribution in [-0.4, -0.2) is 58.5 Å². The Morgan fingerprint density at radius 1 is 1.12 bits per heavy atom. The first-order chi connectivity index (χ1) is 15.0. The highest BCUT2D eigenvalue weighted by Crippen LogP contribution is 2.20. The molecule has 2 rings (SSSR count). The number of aryl methyl sites for hydroxylation is 1. The molecule has 0 N–H and O–H groups in total. The average molecular weight is 442 g/mol. The lowest BCUT2D eigenvalue weighted by Gasteiger charge is -2.37. The highest BCUT2D eigenvalue weighted by atomic mass is 16.5. The van der Waals surface area contributed by atoms with Crippen LogP contribution in [0.5, 0.6) is 0 Å². The molecule has 1 aromatic heterocycles. The van der Waals surface area contributed by atoms with Crippen molar-refractivity contribution in [2.24, 2.45) is 5.92 Å². The fraction of sp³-hybridized carbons (Fsp3) is 0.538. The van der Waals surface area contributed by atoms with E-state index in [0.717, 1.165) is 12.2 Å². The number of carbonyl (C=O) groups is 2. The number of hydrogen-bond acceptors (Lipinski definition) is 3. The lowest BCUT2D eigenvalue weighted by Crippen LogP contribution is -2.51. The summed E-state index contributed by atoms with van der Waals surface area (Å²) in [6.07, 6.45) is 2.05. The molecule has 0 radical (unpaired) electrons. The molecule has 0 fully saturated rings. The van der Waals surface area contributed by atoms with Crippen molar-refractivity contribution in [2.75, 3.05) is 26.8 Å². The Labute approximate surface area is 193 Å². The van der Waals surface area contributed by atoms with E-state index in [4.69, 9.17) is 4.74 Å². The van der Waals surface area contributed by atoms with Crippen molar-refractivity contribution >= 4 is 11.8 Å². The molecule has 1 aromatic carbocycles. The van der Waals surface area contributed by atoms with Gasteiger partial charge >= 0.3 is 0 Å². The van der Waals surface area contributed by atoms with Crippen LogP contribution in [0.25, 0.3) is 0 Å². The van der Waals surface area contributed by atoms with Gasteiger partial charge in [-0.25, -0.2) is 0 Å². The Bertz CT molecular complexity index is 896. The largest absolute Gasteiger partial charge is 0.383 e. The summed E-state index contributed by atoms with van der Waals surface area (Å²) in [5.74, 6) is -0.271. The Hall–Kier alpha value is -2.60. The Balaban J connectivity index is 2.21. The van der Waals surface area contributed by atoms with Crippen molar-refractivity contribution in [3.8, 4) is 0 Å². The Kier molecular flexibility index (Phi) is 9.08. The summed E-state index contributed by atoms with van der Waals surface area (Å²) >= 11 is 0. The molecule has 176 valence electrons. The zero-order valence-electron chi connectivity index (χ0n) is 20.7. The molecule has 2 amide bonds. The monoisotopic (exact) mass is 441 g/mol. The number of aromatic nitrogens is 1. The predicted octanol–water partition coefficient (Wildman–Crippen LogP) is 4.10. The molecule has 0 bridgehead atoms. The van der Waals surface area contributed by atoms with Crippen LogP contribution in [0.2, 0.25) is 0 Å². The quantitative estimate of drug-likeness (QED) is 0.558. The van der Waals surface area contributed by atoms with Crippen LogP contribution in [0.4, 0.5) is 0 Å². The molecule has 0 aliphatic carbocycles.